The highest BCUT2D eigenvalue weighted by atomic mass is 32.2. The van der Waals surface area contributed by atoms with E-state index < -0.39 is 40.0 Å². The monoisotopic (exact) mass is 498 g/mol. The number of imide groups is 1. The van der Waals surface area contributed by atoms with Crippen molar-refractivity contribution in [1.82, 2.24) is 14.5 Å². The number of benzene rings is 2. The summed E-state index contributed by atoms with van der Waals surface area (Å²) >= 11 is 0. The molecule has 0 saturated carbocycles. The van der Waals surface area contributed by atoms with E-state index in [2.05, 4.69) is 10.6 Å². The normalized spacial score (nSPS) is 25.4. The predicted octanol–water partition coefficient (Wildman–Crippen LogP) is 2.76. The van der Waals surface area contributed by atoms with E-state index in [0.717, 1.165) is 11.3 Å². The Hall–Kier alpha value is -3.24. The molecule has 35 heavy (non-hydrogen) atoms. The van der Waals surface area contributed by atoms with Gasteiger partial charge in [0.25, 0.3) is 5.91 Å². The van der Waals surface area contributed by atoms with E-state index in [0.29, 0.717) is 36.2 Å². The van der Waals surface area contributed by atoms with Crippen molar-refractivity contribution in [2.45, 2.75) is 37.6 Å². The standard InChI is InChI=1S/C25H30N4O5S/c1-17-13-18(2)15-28(14-17)35(33,34)21-11-9-20(10-12-21)26-22(30)16-29-23(31)25(3,27-24(29)32)19-7-5-4-6-8-19/h4-12,17-18H,13-16H2,1-3H3,(H,26,30)(H,27,32)/t17-,18-,25+/m0/s1. The molecule has 0 aromatic heterocycles. The smallest absolute Gasteiger partial charge is 0.325 e. The number of nitrogens with zero attached hydrogens (tertiary/aromatic N) is 2. The lowest BCUT2D eigenvalue weighted by molar-refractivity contribution is -0.133. The second-order valence-corrected chi connectivity index (χ2v) is 11.6. The molecule has 0 radical (unpaired) electrons. The predicted molar refractivity (Wildman–Crippen MR) is 131 cm³/mol. The first-order valence-electron chi connectivity index (χ1n) is 11.6. The molecule has 186 valence electrons. The van der Waals surface area contributed by atoms with Gasteiger partial charge in [-0.2, -0.15) is 4.31 Å². The number of carbonyl (C=O) groups is 3. The number of anilines is 1. The van der Waals surface area contributed by atoms with Crippen LogP contribution >= 0.6 is 0 Å². The van der Waals surface area contributed by atoms with Crippen LogP contribution in [0.3, 0.4) is 0 Å². The molecular formula is C25H30N4O5S. The van der Waals surface area contributed by atoms with Crippen LogP contribution in [0.4, 0.5) is 10.5 Å². The van der Waals surface area contributed by atoms with Gasteiger partial charge in [-0.15, -0.1) is 0 Å². The van der Waals surface area contributed by atoms with Gasteiger partial charge in [0.05, 0.1) is 4.90 Å². The van der Waals surface area contributed by atoms with Gasteiger partial charge < -0.3 is 10.6 Å². The number of nitrogens with one attached hydrogen (secondary N) is 2. The quantitative estimate of drug-likeness (QED) is 0.594. The molecule has 4 amide bonds. The summed E-state index contributed by atoms with van der Waals surface area (Å²) in [7, 11) is -3.63. The summed E-state index contributed by atoms with van der Waals surface area (Å²) in [5.41, 5.74) is -0.263. The molecule has 2 aliphatic heterocycles. The van der Waals surface area contributed by atoms with E-state index in [9.17, 15) is 22.8 Å². The molecule has 2 aromatic rings. The van der Waals surface area contributed by atoms with Crippen molar-refractivity contribution in [2.24, 2.45) is 11.8 Å². The topological polar surface area (TPSA) is 116 Å². The lowest BCUT2D eigenvalue weighted by atomic mass is 9.92. The first-order valence-corrected chi connectivity index (χ1v) is 13.0. The zero-order chi connectivity index (χ0) is 25.4. The zero-order valence-corrected chi connectivity index (χ0v) is 20.8. The average Bonchev–Trinajstić information content (AvgIpc) is 3.03. The molecule has 2 N–H and O–H groups in total. The van der Waals surface area contributed by atoms with Crippen LogP contribution in [0.5, 0.6) is 0 Å². The molecular weight excluding hydrogens is 468 g/mol. The van der Waals surface area contributed by atoms with E-state index in [-0.39, 0.29) is 4.90 Å². The van der Waals surface area contributed by atoms with Gasteiger partial charge in [0.15, 0.2) is 0 Å². The van der Waals surface area contributed by atoms with Crippen LogP contribution in [0.1, 0.15) is 32.8 Å². The fourth-order valence-electron chi connectivity index (χ4n) is 4.81. The largest absolute Gasteiger partial charge is 0.325 e. The van der Waals surface area contributed by atoms with Crippen molar-refractivity contribution in [2.75, 3.05) is 25.0 Å². The highest BCUT2D eigenvalue weighted by molar-refractivity contribution is 7.89. The molecule has 0 aliphatic carbocycles. The van der Waals surface area contributed by atoms with Crippen LogP contribution in [0.25, 0.3) is 0 Å². The first kappa shape index (κ1) is 24.9. The average molecular weight is 499 g/mol. The second-order valence-electron chi connectivity index (χ2n) is 9.65. The second kappa shape index (κ2) is 9.43. The molecule has 0 unspecified atom stereocenters. The minimum absolute atomic E-state index is 0.157. The third kappa shape index (κ3) is 4.94. The number of hydrogen-bond donors (Lipinski definition) is 2. The summed E-state index contributed by atoms with van der Waals surface area (Å²) in [6.45, 7) is 6.20. The van der Waals surface area contributed by atoms with Crippen molar-refractivity contribution < 1.29 is 22.8 Å². The SMILES string of the molecule is C[C@H]1C[C@H](C)CN(S(=O)(=O)c2ccc(NC(=O)CN3C(=O)N[C@](C)(c4ccccc4)C3=O)cc2)C1. The third-order valence-electron chi connectivity index (χ3n) is 6.54. The first-order chi connectivity index (χ1) is 16.5. The van der Waals surface area contributed by atoms with Crippen molar-refractivity contribution in [1.29, 1.82) is 0 Å². The molecule has 10 heteroatoms. The summed E-state index contributed by atoms with van der Waals surface area (Å²) in [6, 6.07) is 14.1. The molecule has 0 bridgehead atoms. The molecule has 3 atom stereocenters. The van der Waals surface area contributed by atoms with Gasteiger partial charge >= 0.3 is 6.03 Å². The molecule has 2 fully saturated rings. The van der Waals surface area contributed by atoms with E-state index in [4.69, 9.17) is 0 Å². The number of carbonyl (C=O) groups excluding carboxylic acids is 3. The Bertz CT molecular complexity index is 1220. The number of piperidine rings is 1. The number of rotatable bonds is 6. The Morgan fingerprint density at radius 3 is 2.23 bits per heavy atom. The van der Waals surface area contributed by atoms with Crippen LogP contribution in [0.15, 0.2) is 59.5 Å². The highest BCUT2D eigenvalue weighted by Crippen LogP contribution is 2.29. The van der Waals surface area contributed by atoms with Crippen LogP contribution in [-0.2, 0) is 25.2 Å². The number of urea groups is 1. The Morgan fingerprint density at radius 1 is 1.03 bits per heavy atom. The van der Waals surface area contributed by atoms with E-state index in [1.165, 1.54) is 28.6 Å². The number of hydrogen-bond acceptors (Lipinski definition) is 5. The summed E-state index contributed by atoms with van der Waals surface area (Å²) in [4.78, 5) is 39.1. The van der Waals surface area contributed by atoms with Crippen LogP contribution in [0.2, 0.25) is 0 Å². The Balaban J connectivity index is 1.41. The summed E-state index contributed by atoms with van der Waals surface area (Å²) in [5, 5.41) is 5.29. The highest BCUT2D eigenvalue weighted by Gasteiger charge is 2.49. The maximum absolute atomic E-state index is 13.0. The Labute approximate surface area is 205 Å². The van der Waals surface area contributed by atoms with E-state index in [1.807, 2.05) is 19.9 Å². The maximum atomic E-state index is 13.0. The summed E-state index contributed by atoms with van der Waals surface area (Å²) in [6.07, 6.45) is 0.999. The molecule has 2 heterocycles. The van der Waals surface area contributed by atoms with E-state index >= 15 is 0 Å². The molecule has 0 spiro atoms. The molecule has 2 aromatic carbocycles. The lowest BCUT2D eigenvalue weighted by Crippen LogP contribution is -2.42. The third-order valence-corrected chi connectivity index (χ3v) is 8.38. The van der Waals surface area contributed by atoms with Crippen molar-refractivity contribution in [3.8, 4) is 0 Å². The van der Waals surface area contributed by atoms with Gasteiger partial charge in [0.1, 0.15) is 12.1 Å². The summed E-state index contributed by atoms with van der Waals surface area (Å²) in [5.74, 6) is -0.502. The van der Waals surface area contributed by atoms with Gasteiger partial charge in [0.2, 0.25) is 15.9 Å². The van der Waals surface area contributed by atoms with E-state index in [1.54, 1.807) is 31.2 Å². The minimum atomic E-state index is -3.63. The number of amides is 4. The minimum Gasteiger partial charge on any atom is -0.325 e. The number of sulfonamides is 1. The van der Waals surface area contributed by atoms with Crippen LogP contribution in [-0.4, -0.2) is 55.1 Å². The van der Waals surface area contributed by atoms with Crippen LogP contribution < -0.4 is 10.6 Å². The zero-order valence-electron chi connectivity index (χ0n) is 20.0. The fourth-order valence-corrected chi connectivity index (χ4v) is 6.49. The van der Waals surface area contributed by atoms with Gasteiger partial charge in [0, 0.05) is 18.8 Å². The Morgan fingerprint density at radius 2 is 1.63 bits per heavy atom. The molecule has 2 saturated heterocycles. The fraction of sp³-hybridized carbons (Fsp3) is 0.400. The van der Waals surface area contributed by atoms with Gasteiger partial charge in [-0.05, 0) is 55.0 Å². The molecule has 4 rings (SSSR count). The molecule has 2 aliphatic rings. The van der Waals surface area contributed by atoms with Crippen molar-refractivity contribution in [3.63, 3.8) is 0 Å². The van der Waals surface area contributed by atoms with Gasteiger partial charge in [-0.3, -0.25) is 14.5 Å². The lowest BCUT2D eigenvalue weighted by Gasteiger charge is -2.34. The van der Waals surface area contributed by atoms with Crippen molar-refractivity contribution in [3.05, 3.63) is 60.2 Å². The van der Waals surface area contributed by atoms with Crippen molar-refractivity contribution >= 4 is 33.6 Å². The summed E-state index contributed by atoms with van der Waals surface area (Å²) < 4.78 is 27.6. The van der Waals surface area contributed by atoms with Gasteiger partial charge in [-0.25, -0.2) is 13.2 Å². The Kier molecular flexibility index (Phi) is 6.70. The van der Waals surface area contributed by atoms with Gasteiger partial charge in [-0.1, -0.05) is 44.2 Å². The van der Waals surface area contributed by atoms with Crippen LogP contribution in [0, 0.1) is 11.8 Å². The maximum Gasteiger partial charge on any atom is 0.325 e. The molecule has 9 nitrogen and oxygen atoms in total.